The summed E-state index contributed by atoms with van der Waals surface area (Å²) >= 11 is 0. The number of anilines is 1. The van der Waals surface area contributed by atoms with Gasteiger partial charge in [0.2, 0.25) is 11.8 Å². The van der Waals surface area contributed by atoms with Crippen LogP contribution in [0.25, 0.3) is 0 Å². The number of carbonyl (C=O) groups excluding carboxylic acids is 2. The summed E-state index contributed by atoms with van der Waals surface area (Å²) in [5.74, 6) is -0.0857. The van der Waals surface area contributed by atoms with Gasteiger partial charge in [-0.2, -0.15) is 0 Å². The number of carbonyl (C=O) groups is 2. The Morgan fingerprint density at radius 3 is 2.17 bits per heavy atom. The molecule has 8 nitrogen and oxygen atoms in total. The maximum Gasteiger partial charge on any atom is 0.264 e. The van der Waals surface area contributed by atoms with Crippen LogP contribution in [0.3, 0.4) is 0 Å². The summed E-state index contributed by atoms with van der Waals surface area (Å²) in [5.41, 5.74) is 2.02. The van der Waals surface area contributed by atoms with E-state index in [4.69, 9.17) is 4.74 Å². The second-order valence-electron chi connectivity index (χ2n) is 9.78. The molecular formula is C31H39N3O5S. The monoisotopic (exact) mass is 565 g/mol. The Kier molecular flexibility index (Phi) is 10.7. The fraction of sp³-hybridized carbons (Fsp3) is 0.355. The van der Waals surface area contributed by atoms with Crippen LogP contribution in [0.1, 0.15) is 44.7 Å². The van der Waals surface area contributed by atoms with E-state index < -0.39 is 28.5 Å². The lowest BCUT2D eigenvalue weighted by molar-refractivity contribution is -0.140. The molecule has 0 saturated heterocycles. The minimum Gasteiger partial charge on any atom is -0.497 e. The lowest BCUT2D eigenvalue weighted by Crippen LogP contribution is -2.53. The number of hydrogen-bond donors (Lipinski definition) is 1. The molecule has 3 aromatic rings. The predicted molar refractivity (Wildman–Crippen MR) is 158 cm³/mol. The Labute approximate surface area is 238 Å². The van der Waals surface area contributed by atoms with Crippen LogP contribution in [0.5, 0.6) is 5.75 Å². The van der Waals surface area contributed by atoms with Gasteiger partial charge in [0, 0.05) is 12.6 Å². The van der Waals surface area contributed by atoms with E-state index in [1.54, 1.807) is 55.6 Å². The van der Waals surface area contributed by atoms with Crippen molar-refractivity contribution in [3.05, 3.63) is 90.0 Å². The maximum atomic E-state index is 14.1. The lowest BCUT2D eigenvalue weighted by atomic mass is 10.1. The first kappa shape index (κ1) is 30.7. The number of hydrogen-bond acceptors (Lipinski definition) is 5. The normalized spacial score (nSPS) is 12.7. The molecule has 214 valence electrons. The van der Waals surface area contributed by atoms with Gasteiger partial charge in [-0.25, -0.2) is 8.42 Å². The number of rotatable bonds is 13. The third kappa shape index (κ3) is 7.63. The van der Waals surface area contributed by atoms with Gasteiger partial charge in [0.1, 0.15) is 18.3 Å². The summed E-state index contributed by atoms with van der Waals surface area (Å²) in [6.45, 7) is 7.24. The average Bonchev–Trinajstić information content (AvgIpc) is 2.96. The molecule has 0 unspecified atom stereocenters. The summed E-state index contributed by atoms with van der Waals surface area (Å²) in [6.07, 6.45) is 1.10. The van der Waals surface area contributed by atoms with E-state index in [-0.39, 0.29) is 23.4 Å². The van der Waals surface area contributed by atoms with E-state index in [0.29, 0.717) is 17.9 Å². The standard InChI is InChI=1S/C31H39N3O5S/c1-6-24(4)32-31(36)29(7-2)33(21-25-16-18-27(39-5)19-17-25)30(35)22-34(26-13-11-12-23(3)20-26)40(37,38)28-14-9-8-10-15-28/h8-20,24,29H,6-7,21-22H2,1-5H3,(H,32,36)/t24-,29-/m1/s1. The first-order valence-electron chi connectivity index (χ1n) is 13.5. The maximum absolute atomic E-state index is 14.1. The largest absolute Gasteiger partial charge is 0.497 e. The highest BCUT2D eigenvalue weighted by Crippen LogP contribution is 2.26. The van der Waals surface area contributed by atoms with Crippen molar-refractivity contribution in [1.82, 2.24) is 10.2 Å². The molecule has 0 aliphatic carbocycles. The SMILES string of the molecule is CC[C@@H](C)NC(=O)[C@@H](CC)N(Cc1ccc(OC)cc1)C(=O)CN(c1cccc(C)c1)S(=O)(=O)c1ccccc1. The highest BCUT2D eigenvalue weighted by Gasteiger charge is 2.34. The number of aryl methyl sites for hydroxylation is 1. The summed E-state index contributed by atoms with van der Waals surface area (Å²) < 4.78 is 34.1. The van der Waals surface area contributed by atoms with Crippen LogP contribution in [-0.4, -0.2) is 50.9 Å². The first-order valence-corrected chi connectivity index (χ1v) is 14.9. The first-order chi connectivity index (χ1) is 19.1. The van der Waals surface area contributed by atoms with Crippen LogP contribution >= 0.6 is 0 Å². The lowest BCUT2D eigenvalue weighted by Gasteiger charge is -2.33. The molecule has 3 rings (SSSR count). The van der Waals surface area contributed by atoms with Crippen molar-refractivity contribution in [2.24, 2.45) is 0 Å². The van der Waals surface area contributed by atoms with Crippen molar-refractivity contribution < 1.29 is 22.7 Å². The minimum absolute atomic E-state index is 0.0678. The van der Waals surface area contributed by atoms with Gasteiger partial charge in [-0.15, -0.1) is 0 Å². The van der Waals surface area contributed by atoms with Gasteiger partial charge in [-0.05, 0) is 74.2 Å². The molecular weight excluding hydrogens is 526 g/mol. The second kappa shape index (κ2) is 14.0. The smallest absolute Gasteiger partial charge is 0.264 e. The molecule has 3 aromatic carbocycles. The Morgan fingerprint density at radius 2 is 1.60 bits per heavy atom. The van der Waals surface area contributed by atoms with Crippen LogP contribution in [0, 0.1) is 6.92 Å². The van der Waals surface area contributed by atoms with Crippen LogP contribution in [0.2, 0.25) is 0 Å². The van der Waals surface area contributed by atoms with Crippen molar-refractivity contribution in [1.29, 1.82) is 0 Å². The predicted octanol–water partition coefficient (Wildman–Crippen LogP) is 4.92. The summed E-state index contributed by atoms with van der Waals surface area (Å²) in [5, 5.41) is 2.98. The van der Waals surface area contributed by atoms with E-state index in [2.05, 4.69) is 5.32 Å². The number of nitrogens with one attached hydrogen (secondary N) is 1. The fourth-order valence-electron chi connectivity index (χ4n) is 4.32. The number of methoxy groups -OCH3 is 1. The Hall–Kier alpha value is -3.85. The molecule has 0 bridgehead atoms. The molecule has 0 fully saturated rings. The molecule has 0 saturated carbocycles. The van der Waals surface area contributed by atoms with E-state index in [1.807, 2.05) is 45.9 Å². The van der Waals surface area contributed by atoms with E-state index in [0.717, 1.165) is 21.9 Å². The van der Waals surface area contributed by atoms with Crippen molar-refractivity contribution in [3.63, 3.8) is 0 Å². The van der Waals surface area contributed by atoms with Crippen molar-refractivity contribution >= 4 is 27.5 Å². The number of ether oxygens (including phenoxy) is 1. The number of nitrogens with zero attached hydrogens (tertiary/aromatic N) is 2. The number of amides is 2. The van der Waals surface area contributed by atoms with Crippen LogP contribution in [0.4, 0.5) is 5.69 Å². The summed E-state index contributed by atoms with van der Waals surface area (Å²) in [4.78, 5) is 29.0. The molecule has 0 aliphatic rings. The van der Waals surface area contributed by atoms with E-state index in [9.17, 15) is 18.0 Å². The van der Waals surface area contributed by atoms with Gasteiger partial charge in [0.15, 0.2) is 0 Å². The zero-order valence-corrected chi connectivity index (χ0v) is 24.6. The highest BCUT2D eigenvalue weighted by molar-refractivity contribution is 7.92. The zero-order valence-electron chi connectivity index (χ0n) is 23.8. The van der Waals surface area contributed by atoms with Gasteiger partial charge in [-0.1, -0.05) is 56.3 Å². The van der Waals surface area contributed by atoms with Crippen molar-refractivity contribution in [2.75, 3.05) is 18.0 Å². The van der Waals surface area contributed by atoms with Gasteiger partial charge >= 0.3 is 0 Å². The van der Waals surface area contributed by atoms with Gasteiger partial charge in [0.25, 0.3) is 10.0 Å². The van der Waals surface area contributed by atoms with Crippen LogP contribution in [-0.2, 0) is 26.2 Å². The molecule has 0 heterocycles. The highest BCUT2D eigenvalue weighted by atomic mass is 32.2. The summed E-state index contributed by atoms with van der Waals surface area (Å²) in [7, 11) is -2.51. The van der Waals surface area contributed by atoms with Gasteiger partial charge < -0.3 is 15.0 Å². The third-order valence-electron chi connectivity index (χ3n) is 6.80. The topological polar surface area (TPSA) is 96.0 Å². The van der Waals surface area contributed by atoms with E-state index in [1.165, 1.54) is 17.0 Å². The molecule has 9 heteroatoms. The Bertz CT molecular complexity index is 1380. The van der Waals surface area contributed by atoms with Gasteiger partial charge in [-0.3, -0.25) is 13.9 Å². The molecule has 2 amide bonds. The van der Waals surface area contributed by atoms with Crippen LogP contribution in [0.15, 0.2) is 83.8 Å². The average molecular weight is 566 g/mol. The number of sulfonamides is 1. The zero-order chi connectivity index (χ0) is 29.3. The van der Waals surface area contributed by atoms with Gasteiger partial charge in [0.05, 0.1) is 17.7 Å². The van der Waals surface area contributed by atoms with Crippen molar-refractivity contribution in [3.8, 4) is 5.75 Å². The molecule has 0 radical (unpaired) electrons. The number of benzene rings is 3. The van der Waals surface area contributed by atoms with Crippen LogP contribution < -0.4 is 14.4 Å². The quantitative estimate of drug-likeness (QED) is 0.317. The van der Waals surface area contributed by atoms with Crippen molar-refractivity contribution in [2.45, 2.75) is 64.1 Å². The fourth-order valence-corrected chi connectivity index (χ4v) is 5.75. The Morgan fingerprint density at radius 1 is 0.925 bits per heavy atom. The second-order valence-corrected chi connectivity index (χ2v) is 11.6. The minimum atomic E-state index is -4.09. The third-order valence-corrected chi connectivity index (χ3v) is 8.59. The Balaban J connectivity index is 2.04. The molecule has 2 atom stereocenters. The molecule has 0 aliphatic heterocycles. The molecule has 1 N–H and O–H groups in total. The molecule has 40 heavy (non-hydrogen) atoms. The van der Waals surface area contributed by atoms with E-state index >= 15 is 0 Å². The molecule has 0 spiro atoms. The molecule has 0 aromatic heterocycles. The summed E-state index contributed by atoms with van der Waals surface area (Å²) in [6, 6.07) is 21.4.